The molecule has 3 atom stereocenters. The molecule has 1 saturated heterocycles. The van der Waals surface area contributed by atoms with Crippen LogP contribution in [0.4, 0.5) is 0 Å². The molecule has 0 amide bonds. The molecule has 0 radical (unpaired) electrons. The topological polar surface area (TPSA) is 72.8 Å². The second-order valence-corrected chi connectivity index (χ2v) is 5.84. The average Bonchev–Trinajstić information content (AvgIpc) is 2.46. The average molecular weight is 292 g/mol. The maximum atomic E-state index is 11.7. The molecule has 0 saturated carbocycles. The monoisotopic (exact) mass is 292 g/mol. The van der Waals surface area contributed by atoms with E-state index in [1.165, 1.54) is 0 Å². The summed E-state index contributed by atoms with van der Waals surface area (Å²) in [5.41, 5.74) is 0.706. The number of carbonyl (C=O) groups excluding carboxylic acids is 1. The van der Waals surface area contributed by atoms with Gasteiger partial charge in [0.15, 0.2) is 0 Å². The summed E-state index contributed by atoms with van der Waals surface area (Å²) < 4.78 is 0. The van der Waals surface area contributed by atoms with Crippen molar-refractivity contribution in [3.8, 4) is 5.75 Å². The second kappa shape index (κ2) is 7.02. The predicted molar refractivity (Wildman–Crippen MR) is 81.1 cm³/mol. The first-order valence-electron chi connectivity index (χ1n) is 7.41. The Labute approximate surface area is 125 Å². The van der Waals surface area contributed by atoms with E-state index in [1.807, 2.05) is 6.92 Å². The second-order valence-electron chi connectivity index (χ2n) is 5.84. The minimum absolute atomic E-state index is 0.0215. The number of benzene rings is 1. The van der Waals surface area contributed by atoms with Crippen LogP contribution in [0.3, 0.4) is 0 Å². The van der Waals surface area contributed by atoms with E-state index in [1.54, 1.807) is 31.2 Å². The van der Waals surface area contributed by atoms with Crippen LogP contribution in [0.25, 0.3) is 0 Å². The maximum Gasteiger partial charge on any atom is 0.148 e. The van der Waals surface area contributed by atoms with Gasteiger partial charge in [-0.2, -0.15) is 0 Å². The van der Waals surface area contributed by atoms with Crippen LogP contribution in [0.5, 0.6) is 5.75 Å². The van der Waals surface area contributed by atoms with Crippen LogP contribution < -0.4 is 5.32 Å². The number of Topliss-reactive ketones (excluding diaryl/α,β-unsaturated/α-hetero) is 1. The number of hydrogen-bond donors (Lipinski definition) is 3. The normalized spacial score (nSPS) is 22.7. The van der Waals surface area contributed by atoms with Crippen molar-refractivity contribution in [1.29, 1.82) is 0 Å². The third kappa shape index (κ3) is 4.03. The highest BCUT2D eigenvalue weighted by molar-refractivity contribution is 5.81. The van der Waals surface area contributed by atoms with E-state index in [0.29, 0.717) is 18.7 Å². The number of aromatic hydroxyl groups is 1. The first-order valence-corrected chi connectivity index (χ1v) is 7.41. The zero-order chi connectivity index (χ0) is 15.4. The van der Waals surface area contributed by atoms with Gasteiger partial charge in [0, 0.05) is 26.2 Å². The van der Waals surface area contributed by atoms with Crippen molar-refractivity contribution in [2.75, 3.05) is 26.2 Å². The van der Waals surface area contributed by atoms with Crippen LogP contribution in [0.2, 0.25) is 0 Å². The molecule has 1 heterocycles. The van der Waals surface area contributed by atoms with Gasteiger partial charge in [-0.25, -0.2) is 0 Å². The van der Waals surface area contributed by atoms with Crippen LogP contribution in [-0.2, 0) is 4.79 Å². The summed E-state index contributed by atoms with van der Waals surface area (Å²) in [7, 11) is 0. The van der Waals surface area contributed by atoms with Gasteiger partial charge in [0.1, 0.15) is 11.5 Å². The summed E-state index contributed by atoms with van der Waals surface area (Å²) in [6.45, 7) is 6.57. The molecule has 5 nitrogen and oxygen atoms in total. The Balaban J connectivity index is 2.02. The van der Waals surface area contributed by atoms with Crippen LogP contribution in [0, 0.1) is 5.92 Å². The number of nitrogens with one attached hydrogen (secondary N) is 1. The number of rotatable bonds is 5. The molecule has 2 rings (SSSR count). The quantitative estimate of drug-likeness (QED) is 0.753. The first kappa shape index (κ1) is 15.9. The van der Waals surface area contributed by atoms with Crippen molar-refractivity contribution < 1.29 is 15.0 Å². The summed E-state index contributed by atoms with van der Waals surface area (Å²) in [5.74, 6) is 0.288. The van der Waals surface area contributed by atoms with Gasteiger partial charge < -0.3 is 15.5 Å². The SMILES string of the molecule is CC(=O)C1CNCCN1CC(C)C(O)c1cccc(O)c1. The lowest BCUT2D eigenvalue weighted by atomic mass is 9.95. The van der Waals surface area contributed by atoms with E-state index in [0.717, 1.165) is 13.1 Å². The molecule has 0 spiro atoms. The van der Waals surface area contributed by atoms with E-state index in [9.17, 15) is 15.0 Å². The Morgan fingerprint density at radius 2 is 2.29 bits per heavy atom. The van der Waals surface area contributed by atoms with E-state index in [-0.39, 0.29) is 23.5 Å². The van der Waals surface area contributed by atoms with Crippen molar-refractivity contribution >= 4 is 5.78 Å². The lowest BCUT2D eigenvalue weighted by molar-refractivity contribution is -0.123. The summed E-state index contributed by atoms with van der Waals surface area (Å²) in [6, 6.07) is 6.59. The molecule has 3 N–H and O–H groups in total. The maximum absolute atomic E-state index is 11.7. The Hall–Kier alpha value is -1.43. The van der Waals surface area contributed by atoms with Gasteiger partial charge in [-0.15, -0.1) is 0 Å². The third-order valence-corrected chi connectivity index (χ3v) is 4.10. The number of phenolic OH excluding ortho intramolecular Hbond substituents is 1. The highest BCUT2D eigenvalue weighted by atomic mass is 16.3. The van der Waals surface area contributed by atoms with Crippen LogP contribution in [0.1, 0.15) is 25.5 Å². The molecule has 0 aromatic heterocycles. The van der Waals surface area contributed by atoms with Gasteiger partial charge in [-0.3, -0.25) is 9.69 Å². The molecule has 1 aromatic rings. The fourth-order valence-corrected chi connectivity index (χ4v) is 2.87. The molecule has 1 aliphatic heterocycles. The molecule has 1 fully saturated rings. The lowest BCUT2D eigenvalue weighted by Gasteiger charge is -2.37. The fourth-order valence-electron chi connectivity index (χ4n) is 2.87. The standard InChI is InChI=1S/C16H24N2O3/c1-11(16(21)13-4-3-5-14(20)8-13)10-18-7-6-17-9-15(18)12(2)19/h3-5,8,11,15-17,20-21H,6-7,9-10H2,1-2H3. The lowest BCUT2D eigenvalue weighted by Crippen LogP contribution is -2.55. The summed E-state index contributed by atoms with van der Waals surface area (Å²) >= 11 is 0. The van der Waals surface area contributed by atoms with Crippen molar-refractivity contribution in [3.63, 3.8) is 0 Å². The number of phenols is 1. The molecule has 116 valence electrons. The molecule has 3 unspecified atom stereocenters. The zero-order valence-corrected chi connectivity index (χ0v) is 12.6. The minimum atomic E-state index is -0.653. The van der Waals surface area contributed by atoms with Gasteiger partial charge in [0.25, 0.3) is 0 Å². The number of aliphatic hydroxyl groups excluding tert-OH is 1. The van der Waals surface area contributed by atoms with Crippen molar-refractivity contribution in [2.24, 2.45) is 5.92 Å². The number of nitrogens with zero attached hydrogens (tertiary/aromatic N) is 1. The van der Waals surface area contributed by atoms with E-state index in [4.69, 9.17) is 0 Å². The van der Waals surface area contributed by atoms with Gasteiger partial charge in [0.05, 0.1) is 12.1 Å². The van der Waals surface area contributed by atoms with Crippen LogP contribution in [-0.4, -0.2) is 53.1 Å². The van der Waals surface area contributed by atoms with Crippen molar-refractivity contribution in [1.82, 2.24) is 10.2 Å². The highest BCUT2D eigenvalue weighted by Crippen LogP contribution is 2.26. The molecule has 5 heteroatoms. The molecular formula is C16H24N2O3. The van der Waals surface area contributed by atoms with Crippen molar-refractivity contribution in [2.45, 2.75) is 26.0 Å². The molecule has 0 bridgehead atoms. The van der Waals surface area contributed by atoms with Gasteiger partial charge in [-0.1, -0.05) is 19.1 Å². The molecule has 1 aromatic carbocycles. The largest absolute Gasteiger partial charge is 0.508 e. The number of carbonyl (C=O) groups is 1. The third-order valence-electron chi connectivity index (χ3n) is 4.10. The van der Waals surface area contributed by atoms with Crippen LogP contribution >= 0.6 is 0 Å². The summed E-state index contributed by atoms with van der Waals surface area (Å²) in [6.07, 6.45) is -0.653. The Kier molecular flexibility index (Phi) is 5.33. The van der Waals surface area contributed by atoms with E-state index in [2.05, 4.69) is 10.2 Å². The Morgan fingerprint density at radius 3 is 2.95 bits per heavy atom. The number of ketones is 1. The molecule has 1 aliphatic rings. The fraction of sp³-hybridized carbons (Fsp3) is 0.562. The molecular weight excluding hydrogens is 268 g/mol. The van der Waals surface area contributed by atoms with Crippen LogP contribution in [0.15, 0.2) is 24.3 Å². The summed E-state index contributed by atoms with van der Waals surface area (Å²) in [5, 5.41) is 23.2. The molecule has 21 heavy (non-hydrogen) atoms. The van der Waals surface area contributed by atoms with E-state index < -0.39 is 6.10 Å². The number of hydrogen-bond acceptors (Lipinski definition) is 5. The minimum Gasteiger partial charge on any atom is -0.508 e. The Morgan fingerprint density at radius 1 is 1.52 bits per heavy atom. The Bertz CT molecular complexity index is 492. The van der Waals surface area contributed by atoms with E-state index >= 15 is 0 Å². The smallest absolute Gasteiger partial charge is 0.148 e. The summed E-state index contributed by atoms with van der Waals surface area (Å²) in [4.78, 5) is 13.8. The first-order chi connectivity index (χ1) is 9.99. The number of piperazine rings is 1. The molecule has 0 aliphatic carbocycles. The van der Waals surface area contributed by atoms with Gasteiger partial charge in [0.2, 0.25) is 0 Å². The van der Waals surface area contributed by atoms with Crippen molar-refractivity contribution in [3.05, 3.63) is 29.8 Å². The predicted octanol–water partition coefficient (Wildman–Crippen LogP) is 0.924. The number of aliphatic hydroxyl groups is 1. The van der Waals surface area contributed by atoms with Gasteiger partial charge in [-0.05, 0) is 30.5 Å². The van der Waals surface area contributed by atoms with Gasteiger partial charge >= 0.3 is 0 Å². The zero-order valence-electron chi connectivity index (χ0n) is 12.6. The highest BCUT2D eigenvalue weighted by Gasteiger charge is 2.29.